The van der Waals surface area contributed by atoms with Crippen LogP contribution in [0.4, 0.5) is 11.4 Å². The fourth-order valence-corrected chi connectivity index (χ4v) is 4.19. The molecule has 2 amide bonds. The normalized spacial score (nSPS) is 19.8. The Balaban J connectivity index is 1.24. The number of benzene rings is 2. The number of carbonyl (C=O) groups is 2. The summed E-state index contributed by atoms with van der Waals surface area (Å²) in [6.45, 7) is 2.03. The molecule has 4 rings (SSSR count). The molecule has 0 aromatic heterocycles. The summed E-state index contributed by atoms with van der Waals surface area (Å²) < 4.78 is 0. The SMILES string of the molecule is O=C(CCc1ccccc1)Nc1ccc(NC(=O)C2CC23CCNCC3)cc1. The molecule has 2 aromatic rings. The number of amides is 2. The topological polar surface area (TPSA) is 70.2 Å². The fraction of sp³-hybridized carbons (Fsp3) is 0.391. The summed E-state index contributed by atoms with van der Waals surface area (Å²) in [5.74, 6) is 0.264. The molecule has 28 heavy (non-hydrogen) atoms. The quantitative estimate of drug-likeness (QED) is 0.721. The van der Waals surface area contributed by atoms with Gasteiger partial charge in [-0.05, 0) is 74.0 Å². The van der Waals surface area contributed by atoms with E-state index < -0.39 is 0 Å². The molecule has 1 heterocycles. The Morgan fingerprint density at radius 3 is 2.25 bits per heavy atom. The first-order chi connectivity index (χ1) is 13.6. The van der Waals surface area contributed by atoms with Crippen LogP contribution in [-0.4, -0.2) is 24.9 Å². The highest BCUT2D eigenvalue weighted by molar-refractivity contribution is 5.96. The van der Waals surface area contributed by atoms with Crippen LogP contribution in [0.15, 0.2) is 54.6 Å². The highest BCUT2D eigenvalue weighted by atomic mass is 16.2. The van der Waals surface area contributed by atoms with E-state index in [1.165, 1.54) is 0 Å². The number of anilines is 2. The molecule has 1 atom stereocenters. The molecule has 2 aromatic carbocycles. The number of carbonyl (C=O) groups excluding carboxylic acids is 2. The minimum atomic E-state index is -0.00790. The molecule has 1 unspecified atom stereocenters. The van der Waals surface area contributed by atoms with Crippen molar-refractivity contribution in [2.45, 2.75) is 32.1 Å². The van der Waals surface area contributed by atoms with Crippen molar-refractivity contribution in [2.24, 2.45) is 11.3 Å². The van der Waals surface area contributed by atoms with E-state index in [1.807, 2.05) is 54.6 Å². The van der Waals surface area contributed by atoms with Crippen LogP contribution in [0.25, 0.3) is 0 Å². The van der Waals surface area contributed by atoms with E-state index in [-0.39, 0.29) is 23.1 Å². The number of piperidine rings is 1. The molecule has 5 nitrogen and oxygen atoms in total. The summed E-state index contributed by atoms with van der Waals surface area (Å²) in [5.41, 5.74) is 2.92. The average Bonchev–Trinajstić information content (AvgIpc) is 3.42. The predicted octanol–water partition coefficient (Wildman–Crippen LogP) is 3.59. The van der Waals surface area contributed by atoms with Gasteiger partial charge in [-0.1, -0.05) is 30.3 Å². The van der Waals surface area contributed by atoms with Crippen molar-refractivity contribution in [3.05, 3.63) is 60.2 Å². The van der Waals surface area contributed by atoms with Gasteiger partial charge in [0.1, 0.15) is 0 Å². The van der Waals surface area contributed by atoms with Crippen LogP contribution in [-0.2, 0) is 16.0 Å². The summed E-state index contributed by atoms with van der Waals surface area (Å²) in [7, 11) is 0. The molecule has 1 aliphatic carbocycles. The third-order valence-corrected chi connectivity index (χ3v) is 6.03. The molecule has 1 saturated heterocycles. The van der Waals surface area contributed by atoms with Gasteiger partial charge in [0.25, 0.3) is 0 Å². The highest BCUT2D eigenvalue weighted by Gasteiger charge is 2.57. The molecule has 0 bridgehead atoms. The summed E-state index contributed by atoms with van der Waals surface area (Å²) in [6, 6.07) is 17.4. The van der Waals surface area contributed by atoms with Gasteiger partial charge in [0, 0.05) is 23.7 Å². The van der Waals surface area contributed by atoms with E-state index >= 15 is 0 Å². The zero-order valence-electron chi connectivity index (χ0n) is 16.0. The molecule has 0 radical (unpaired) electrons. The third kappa shape index (κ3) is 4.42. The maximum Gasteiger partial charge on any atom is 0.228 e. The first-order valence-electron chi connectivity index (χ1n) is 10.1. The second-order valence-corrected chi connectivity index (χ2v) is 7.97. The molecule has 2 fully saturated rings. The number of rotatable bonds is 6. The van der Waals surface area contributed by atoms with Crippen LogP contribution >= 0.6 is 0 Å². The Kier molecular flexibility index (Phi) is 5.44. The number of aryl methyl sites for hydroxylation is 1. The zero-order chi connectivity index (χ0) is 19.4. The van der Waals surface area contributed by atoms with Crippen molar-refractivity contribution < 1.29 is 9.59 Å². The zero-order valence-corrected chi connectivity index (χ0v) is 16.0. The van der Waals surface area contributed by atoms with Crippen LogP contribution < -0.4 is 16.0 Å². The van der Waals surface area contributed by atoms with Crippen LogP contribution in [0.2, 0.25) is 0 Å². The Labute approximate surface area is 165 Å². The monoisotopic (exact) mass is 377 g/mol. The van der Waals surface area contributed by atoms with Gasteiger partial charge in [-0.25, -0.2) is 0 Å². The first-order valence-corrected chi connectivity index (χ1v) is 10.1. The standard InChI is InChI=1S/C23H27N3O2/c27-21(11-6-17-4-2-1-3-5-17)25-18-7-9-19(10-8-18)26-22(28)20-16-23(20)12-14-24-15-13-23/h1-5,7-10,20,24H,6,11-16H2,(H,25,27)(H,26,28). The van der Waals surface area contributed by atoms with E-state index in [4.69, 9.17) is 0 Å². The predicted molar refractivity (Wildman–Crippen MR) is 111 cm³/mol. The van der Waals surface area contributed by atoms with Crippen molar-refractivity contribution in [1.82, 2.24) is 5.32 Å². The molecular formula is C23H27N3O2. The second kappa shape index (κ2) is 8.15. The molecule has 1 spiro atoms. The smallest absolute Gasteiger partial charge is 0.228 e. The van der Waals surface area contributed by atoms with Crippen molar-refractivity contribution in [3.63, 3.8) is 0 Å². The van der Waals surface area contributed by atoms with Gasteiger partial charge in [0.2, 0.25) is 11.8 Å². The van der Waals surface area contributed by atoms with Crippen molar-refractivity contribution >= 4 is 23.2 Å². The largest absolute Gasteiger partial charge is 0.326 e. The van der Waals surface area contributed by atoms with Crippen molar-refractivity contribution in [1.29, 1.82) is 0 Å². The molecule has 3 N–H and O–H groups in total. The summed E-state index contributed by atoms with van der Waals surface area (Å²) in [4.78, 5) is 24.7. The lowest BCUT2D eigenvalue weighted by molar-refractivity contribution is -0.118. The molecule has 2 aliphatic rings. The Morgan fingerprint density at radius 1 is 0.929 bits per heavy atom. The van der Waals surface area contributed by atoms with Gasteiger partial charge in [-0.2, -0.15) is 0 Å². The summed E-state index contributed by atoms with van der Waals surface area (Å²) in [5, 5.41) is 9.31. The van der Waals surface area contributed by atoms with E-state index in [0.717, 1.165) is 55.7 Å². The van der Waals surface area contributed by atoms with Gasteiger partial charge in [0.05, 0.1) is 0 Å². The van der Waals surface area contributed by atoms with Crippen molar-refractivity contribution in [3.8, 4) is 0 Å². The van der Waals surface area contributed by atoms with E-state index in [1.54, 1.807) is 0 Å². The third-order valence-electron chi connectivity index (χ3n) is 6.03. The maximum absolute atomic E-state index is 12.5. The fourth-order valence-electron chi connectivity index (χ4n) is 4.19. The lowest BCUT2D eigenvalue weighted by Crippen LogP contribution is -2.31. The Morgan fingerprint density at radius 2 is 1.57 bits per heavy atom. The van der Waals surface area contributed by atoms with Gasteiger partial charge in [0.15, 0.2) is 0 Å². The summed E-state index contributed by atoms with van der Waals surface area (Å²) in [6.07, 6.45) is 4.37. The van der Waals surface area contributed by atoms with Crippen LogP contribution in [0.5, 0.6) is 0 Å². The Bertz CT molecular complexity index is 827. The molecular weight excluding hydrogens is 350 g/mol. The molecule has 5 heteroatoms. The minimum Gasteiger partial charge on any atom is -0.326 e. The van der Waals surface area contributed by atoms with Crippen LogP contribution in [0, 0.1) is 11.3 Å². The minimum absolute atomic E-state index is 0.00790. The highest BCUT2D eigenvalue weighted by Crippen LogP contribution is 2.58. The Hall–Kier alpha value is -2.66. The molecule has 1 aliphatic heterocycles. The average molecular weight is 377 g/mol. The van der Waals surface area contributed by atoms with E-state index in [9.17, 15) is 9.59 Å². The van der Waals surface area contributed by atoms with E-state index in [0.29, 0.717) is 6.42 Å². The second-order valence-electron chi connectivity index (χ2n) is 7.97. The lowest BCUT2D eigenvalue weighted by Gasteiger charge is -2.23. The maximum atomic E-state index is 12.5. The lowest BCUT2D eigenvalue weighted by atomic mass is 9.92. The summed E-state index contributed by atoms with van der Waals surface area (Å²) >= 11 is 0. The van der Waals surface area contributed by atoms with Gasteiger partial charge in [-0.3, -0.25) is 9.59 Å². The van der Waals surface area contributed by atoms with Crippen LogP contribution in [0.1, 0.15) is 31.2 Å². The number of hydrogen-bond donors (Lipinski definition) is 3. The van der Waals surface area contributed by atoms with Crippen molar-refractivity contribution in [2.75, 3.05) is 23.7 Å². The molecule has 1 saturated carbocycles. The van der Waals surface area contributed by atoms with E-state index in [2.05, 4.69) is 16.0 Å². The van der Waals surface area contributed by atoms with Crippen LogP contribution in [0.3, 0.4) is 0 Å². The van der Waals surface area contributed by atoms with Gasteiger partial charge in [-0.15, -0.1) is 0 Å². The number of hydrogen-bond acceptors (Lipinski definition) is 3. The molecule has 146 valence electrons. The van der Waals surface area contributed by atoms with Gasteiger partial charge >= 0.3 is 0 Å². The number of nitrogens with one attached hydrogen (secondary N) is 3. The first kappa shape index (κ1) is 18.7. The van der Waals surface area contributed by atoms with Gasteiger partial charge < -0.3 is 16.0 Å².